The lowest BCUT2D eigenvalue weighted by Gasteiger charge is -2.26. The lowest BCUT2D eigenvalue weighted by Crippen LogP contribution is -2.31. The molecule has 1 aromatic rings. The van der Waals surface area contributed by atoms with Crippen molar-refractivity contribution in [1.82, 2.24) is 9.97 Å². The predicted octanol–water partition coefficient (Wildman–Crippen LogP) is 1.34. The van der Waals surface area contributed by atoms with Gasteiger partial charge in [-0.3, -0.25) is 4.98 Å². The first-order valence-electron chi connectivity index (χ1n) is 5.07. The van der Waals surface area contributed by atoms with Crippen LogP contribution in [0.25, 0.3) is 0 Å². The summed E-state index contributed by atoms with van der Waals surface area (Å²) < 4.78 is 0. The molecule has 4 nitrogen and oxygen atoms in total. The Balaban J connectivity index is 2.86. The maximum Gasteiger partial charge on any atom is 0.147 e. The Morgan fingerprint density at radius 2 is 2.20 bits per heavy atom. The molecule has 0 fully saturated rings. The van der Waals surface area contributed by atoms with E-state index in [-0.39, 0.29) is 0 Å². The Morgan fingerprint density at radius 1 is 1.47 bits per heavy atom. The molecule has 4 heteroatoms. The minimum absolute atomic E-state index is 0.376. The number of aromatic nitrogens is 2. The number of hydrogen-bond donors (Lipinski definition) is 1. The van der Waals surface area contributed by atoms with Crippen molar-refractivity contribution in [2.45, 2.75) is 26.4 Å². The van der Waals surface area contributed by atoms with Crippen molar-refractivity contribution in [3.63, 3.8) is 0 Å². The summed E-state index contributed by atoms with van der Waals surface area (Å²) in [7, 11) is 0. The Bertz CT molecular complexity index is 305. The molecule has 0 bridgehead atoms. The molecule has 0 unspecified atom stereocenters. The van der Waals surface area contributed by atoms with E-state index in [4.69, 9.17) is 5.73 Å². The largest absolute Gasteiger partial charge is 0.349 e. The lowest BCUT2D eigenvalue weighted by atomic mass is 10.3. The minimum atomic E-state index is 0.376. The zero-order chi connectivity index (χ0) is 11.3. The third-order valence-corrected chi connectivity index (χ3v) is 2.14. The number of hydrogen-bond acceptors (Lipinski definition) is 4. The van der Waals surface area contributed by atoms with Crippen molar-refractivity contribution < 1.29 is 0 Å². The Labute approximate surface area is 90.8 Å². The molecule has 0 amide bonds. The second-order valence-corrected chi connectivity index (χ2v) is 3.60. The fourth-order valence-electron chi connectivity index (χ4n) is 1.31. The standard InChI is InChI=1S/C11H18N4/c1-4-5-15(9(2)3)11-8-13-10(6-12)7-14-11/h4,7-9H,1,5-6,12H2,2-3H3. The van der Waals surface area contributed by atoms with Gasteiger partial charge in [-0.05, 0) is 13.8 Å². The molecule has 1 aromatic heterocycles. The van der Waals surface area contributed by atoms with Crippen LogP contribution in [0.5, 0.6) is 0 Å². The first-order valence-corrected chi connectivity index (χ1v) is 5.07. The van der Waals surface area contributed by atoms with Gasteiger partial charge >= 0.3 is 0 Å². The van der Waals surface area contributed by atoms with Gasteiger partial charge in [0.1, 0.15) is 5.82 Å². The van der Waals surface area contributed by atoms with E-state index in [1.54, 1.807) is 12.4 Å². The number of rotatable bonds is 5. The molecule has 0 saturated heterocycles. The first-order chi connectivity index (χ1) is 7.19. The van der Waals surface area contributed by atoms with Crippen molar-refractivity contribution in [3.8, 4) is 0 Å². The van der Waals surface area contributed by atoms with E-state index >= 15 is 0 Å². The summed E-state index contributed by atoms with van der Waals surface area (Å²) >= 11 is 0. The van der Waals surface area contributed by atoms with E-state index in [9.17, 15) is 0 Å². The summed E-state index contributed by atoms with van der Waals surface area (Å²) in [6.07, 6.45) is 5.33. The molecule has 0 aliphatic heterocycles. The van der Waals surface area contributed by atoms with Crippen LogP contribution in [-0.2, 0) is 6.54 Å². The fourth-order valence-corrected chi connectivity index (χ4v) is 1.31. The summed E-state index contributed by atoms with van der Waals surface area (Å²) in [5, 5.41) is 0. The average molecular weight is 206 g/mol. The summed E-state index contributed by atoms with van der Waals surface area (Å²) in [5.41, 5.74) is 6.27. The maximum absolute atomic E-state index is 5.46. The lowest BCUT2D eigenvalue weighted by molar-refractivity contribution is 0.708. The second-order valence-electron chi connectivity index (χ2n) is 3.60. The normalized spacial score (nSPS) is 10.4. The van der Waals surface area contributed by atoms with E-state index in [1.807, 2.05) is 6.08 Å². The SMILES string of the molecule is C=CCN(c1cnc(CN)cn1)C(C)C. The molecule has 0 atom stereocenters. The van der Waals surface area contributed by atoms with Crippen LogP contribution in [0.15, 0.2) is 25.0 Å². The van der Waals surface area contributed by atoms with Gasteiger partial charge in [0.2, 0.25) is 0 Å². The molecule has 15 heavy (non-hydrogen) atoms. The van der Waals surface area contributed by atoms with Crippen LogP contribution in [0, 0.1) is 0 Å². The maximum atomic E-state index is 5.46. The third kappa shape index (κ3) is 3.02. The van der Waals surface area contributed by atoms with Crippen LogP contribution < -0.4 is 10.6 Å². The van der Waals surface area contributed by atoms with Gasteiger partial charge in [0, 0.05) is 19.1 Å². The smallest absolute Gasteiger partial charge is 0.147 e. The number of anilines is 1. The van der Waals surface area contributed by atoms with Gasteiger partial charge in [0.25, 0.3) is 0 Å². The molecule has 0 radical (unpaired) electrons. The number of nitrogens with zero attached hydrogens (tertiary/aromatic N) is 3. The van der Waals surface area contributed by atoms with Crippen molar-refractivity contribution >= 4 is 5.82 Å². The molecule has 0 saturated carbocycles. The molecule has 1 heterocycles. The fraction of sp³-hybridized carbons (Fsp3) is 0.455. The van der Waals surface area contributed by atoms with Crippen LogP contribution >= 0.6 is 0 Å². The quantitative estimate of drug-likeness (QED) is 0.739. The summed E-state index contributed by atoms with van der Waals surface area (Å²) in [6, 6.07) is 0.376. The molecular formula is C11H18N4. The molecule has 0 spiro atoms. The minimum Gasteiger partial charge on any atom is -0.349 e. The molecular weight excluding hydrogens is 188 g/mol. The molecule has 1 rings (SSSR count). The predicted molar refractivity (Wildman–Crippen MR) is 62.6 cm³/mol. The molecule has 2 N–H and O–H groups in total. The molecule has 82 valence electrons. The highest BCUT2D eigenvalue weighted by Gasteiger charge is 2.10. The Morgan fingerprint density at radius 3 is 2.60 bits per heavy atom. The highest BCUT2D eigenvalue weighted by Crippen LogP contribution is 2.12. The van der Waals surface area contributed by atoms with Crippen molar-refractivity contribution in [2.24, 2.45) is 5.73 Å². The summed E-state index contributed by atoms with van der Waals surface area (Å²) in [6.45, 7) is 9.16. The van der Waals surface area contributed by atoms with Gasteiger partial charge in [-0.25, -0.2) is 4.98 Å². The number of nitrogens with two attached hydrogens (primary N) is 1. The zero-order valence-corrected chi connectivity index (χ0v) is 9.35. The van der Waals surface area contributed by atoms with Crippen molar-refractivity contribution in [2.75, 3.05) is 11.4 Å². The van der Waals surface area contributed by atoms with Gasteiger partial charge < -0.3 is 10.6 Å². The monoisotopic (exact) mass is 206 g/mol. The highest BCUT2D eigenvalue weighted by atomic mass is 15.2. The first kappa shape index (κ1) is 11.7. The average Bonchev–Trinajstić information content (AvgIpc) is 2.26. The highest BCUT2D eigenvalue weighted by molar-refractivity contribution is 5.37. The van der Waals surface area contributed by atoms with E-state index in [2.05, 4.69) is 35.3 Å². The van der Waals surface area contributed by atoms with Crippen LogP contribution in [-0.4, -0.2) is 22.6 Å². The second kappa shape index (κ2) is 5.46. The Hall–Kier alpha value is -1.42. The molecule has 0 aliphatic carbocycles. The zero-order valence-electron chi connectivity index (χ0n) is 9.35. The van der Waals surface area contributed by atoms with Crippen LogP contribution in [0.2, 0.25) is 0 Å². The summed E-state index contributed by atoms with van der Waals surface area (Å²) in [5.74, 6) is 0.863. The van der Waals surface area contributed by atoms with Gasteiger partial charge in [0.05, 0.1) is 18.1 Å². The van der Waals surface area contributed by atoms with Crippen LogP contribution in [0.3, 0.4) is 0 Å². The molecule has 0 aliphatic rings. The summed E-state index contributed by atoms with van der Waals surface area (Å²) in [4.78, 5) is 10.7. The van der Waals surface area contributed by atoms with E-state index in [0.717, 1.165) is 18.1 Å². The van der Waals surface area contributed by atoms with E-state index < -0.39 is 0 Å². The van der Waals surface area contributed by atoms with Crippen molar-refractivity contribution in [1.29, 1.82) is 0 Å². The Kier molecular flexibility index (Phi) is 4.24. The third-order valence-electron chi connectivity index (χ3n) is 2.14. The van der Waals surface area contributed by atoms with Gasteiger partial charge in [-0.1, -0.05) is 6.08 Å². The van der Waals surface area contributed by atoms with Crippen molar-refractivity contribution in [3.05, 3.63) is 30.7 Å². The van der Waals surface area contributed by atoms with Gasteiger partial charge in [0.15, 0.2) is 0 Å². The van der Waals surface area contributed by atoms with Gasteiger partial charge in [-0.15, -0.1) is 6.58 Å². The molecule has 0 aromatic carbocycles. The van der Waals surface area contributed by atoms with E-state index in [0.29, 0.717) is 12.6 Å². The topological polar surface area (TPSA) is 55.0 Å². The van der Waals surface area contributed by atoms with Crippen LogP contribution in [0.1, 0.15) is 19.5 Å². The van der Waals surface area contributed by atoms with E-state index in [1.165, 1.54) is 0 Å². The van der Waals surface area contributed by atoms with Gasteiger partial charge in [-0.2, -0.15) is 0 Å². The van der Waals surface area contributed by atoms with Crippen LogP contribution in [0.4, 0.5) is 5.82 Å².